The highest BCUT2D eigenvalue weighted by molar-refractivity contribution is 6.31. The second-order valence-corrected chi connectivity index (χ2v) is 3.81. The van der Waals surface area contributed by atoms with Crippen LogP contribution < -0.4 is 0 Å². The number of hydrogen-bond donors (Lipinski definition) is 1. The fourth-order valence-corrected chi connectivity index (χ4v) is 1.82. The van der Waals surface area contributed by atoms with Crippen molar-refractivity contribution in [2.45, 2.75) is 13.6 Å². The molecule has 0 unspecified atom stereocenters. The van der Waals surface area contributed by atoms with Crippen LogP contribution in [0.15, 0.2) is 12.1 Å². The Bertz CT molecular complexity index is 580. The predicted octanol–water partition coefficient (Wildman–Crippen LogP) is 2.46. The lowest BCUT2D eigenvalue weighted by Gasteiger charge is -2.01. The summed E-state index contributed by atoms with van der Waals surface area (Å²) in [5.74, 6) is -1.14. The number of rotatable bonds is 2. The Hall–Kier alpha value is -1.62. The van der Waals surface area contributed by atoms with Crippen LogP contribution in [0.25, 0.3) is 5.52 Å². The largest absolute Gasteiger partial charge is 0.476 e. The molecule has 84 valence electrons. The molecule has 0 saturated heterocycles. The molecule has 2 heterocycles. The van der Waals surface area contributed by atoms with E-state index in [1.807, 2.05) is 0 Å². The molecule has 2 aromatic rings. The summed E-state index contributed by atoms with van der Waals surface area (Å²) in [4.78, 5) is 10.9. The third kappa shape index (κ3) is 1.53. The zero-order valence-electron chi connectivity index (χ0n) is 8.37. The van der Waals surface area contributed by atoms with Gasteiger partial charge in [-0.25, -0.2) is 13.7 Å². The highest BCUT2D eigenvalue weighted by atomic mass is 35.5. The van der Waals surface area contributed by atoms with Gasteiger partial charge in [0.05, 0.1) is 11.2 Å². The topological polar surface area (TPSA) is 54.6 Å². The number of carbonyl (C=O) groups is 1. The Morgan fingerprint density at radius 3 is 2.88 bits per heavy atom. The Morgan fingerprint density at radius 1 is 1.62 bits per heavy atom. The molecule has 0 spiro atoms. The van der Waals surface area contributed by atoms with Crippen molar-refractivity contribution in [3.05, 3.63) is 34.1 Å². The summed E-state index contributed by atoms with van der Waals surface area (Å²) < 4.78 is 14.0. The molecule has 0 saturated carbocycles. The molecule has 0 amide bonds. The van der Waals surface area contributed by atoms with Crippen molar-refractivity contribution >= 4 is 23.1 Å². The molecule has 0 bridgehead atoms. The fraction of sp³-hybridized carbons (Fsp3) is 0.200. The van der Waals surface area contributed by atoms with Crippen LogP contribution in [0.1, 0.15) is 21.7 Å². The smallest absolute Gasteiger partial charge is 0.356 e. The van der Waals surface area contributed by atoms with E-state index in [2.05, 4.69) is 5.10 Å². The second-order valence-electron chi connectivity index (χ2n) is 3.37. The molecular weight excluding hydrogens is 235 g/mol. The van der Waals surface area contributed by atoms with Crippen molar-refractivity contribution in [3.8, 4) is 0 Å². The van der Waals surface area contributed by atoms with Gasteiger partial charge in [0.2, 0.25) is 0 Å². The Balaban J connectivity index is 2.85. The number of aromatic carboxylic acids is 1. The first kappa shape index (κ1) is 10.9. The van der Waals surface area contributed by atoms with Crippen LogP contribution in [0, 0.1) is 6.92 Å². The van der Waals surface area contributed by atoms with Gasteiger partial charge < -0.3 is 5.11 Å². The number of alkyl halides is 1. The molecule has 0 fully saturated rings. The summed E-state index contributed by atoms with van der Waals surface area (Å²) in [5.41, 5.74) is 1.14. The van der Waals surface area contributed by atoms with E-state index in [4.69, 9.17) is 16.7 Å². The summed E-state index contributed by atoms with van der Waals surface area (Å²) >= 11 is 5.81. The third-order valence-electron chi connectivity index (χ3n) is 2.36. The van der Waals surface area contributed by atoms with Gasteiger partial charge in [-0.2, -0.15) is 5.10 Å². The molecule has 0 atom stereocenters. The number of halogens is 2. The molecule has 0 radical (unpaired) electrons. The predicted molar refractivity (Wildman–Crippen MR) is 56.7 cm³/mol. The number of pyridine rings is 1. The molecule has 0 aliphatic heterocycles. The van der Waals surface area contributed by atoms with Crippen molar-refractivity contribution in [3.63, 3.8) is 0 Å². The van der Waals surface area contributed by atoms with Crippen LogP contribution in [0.4, 0.5) is 4.39 Å². The van der Waals surface area contributed by atoms with Gasteiger partial charge in [-0.15, -0.1) is 0 Å². The van der Waals surface area contributed by atoms with Crippen molar-refractivity contribution < 1.29 is 14.3 Å². The van der Waals surface area contributed by atoms with Crippen molar-refractivity contribution in [2.75, 3.05) is 0 Å². The highest BCUT2D eigenvalue weighted by Gasteiger charge is 2.17. The van der Waals surface area contributed by atoms with E-state index in [0.717, 1.165) is 0 Å². The zero-order valence-corrected chi connectivity index (χ0v) is 9.12. The van der Waals surface area contributed by atoms with Crippen LogP contribution in [-0.4, -0.2) is 20.7 Å². The quantitative estimate of drug-likeness (QED) is 0.880. The van der Waals surface area contributed by atoms with Gasteiger partial charge in [0.25, 0.3) is 0 Å². The molecular formula is C10H8ClFN2O2. The molecule has 0 aliphatic carbocycles. The number of carboxylic acids is 1. The van der Waals surface area contributed by atoms with E-state index in [1.165, 1.54) is 10.6 Å². The maximum Gasteiger partial charge on any atom is 0.356 e. The first-order chi connectivity index (χ1) is 7.54. The normalized spacial score (nSPS) is 10.9. The SMILES string of the molecule is Cc1c(C(=O)O)nn2c(CF)cc(Cl)cc12. The first-order valence-corrected chi connectivity index (χ1v) is 4.89. The minimum absolute atomic E-state index is 0.0861. The minimum atomic E-state index is -1.14. The van der Waals surface area contributed by atoms with E-state index in [9.17, 15) is 9.18 Å². The van der Waals surface area contributed by atoms with Crippen LogP contribution in [0.2, 0.25) is 5.02 Å². The Morgan fingerprint density at radius 2 is 2.31 bits per heavy atom. The van der Waals surface area contributed by atoms with E-state index >= 15 is 0 Å². The van der Waals surface area contributed by atoms with Gasteiger partial charge >= 0.3 is 5.97 Å². The van der Waals surface area contributed by atoms with Gasteiger partial charge in [0.1, 0.15) is 6.67 Å². The van der Waals surface area contributed by atoms with Crippen LogP contribution in [0.5, 0.6) is 0 Å². The molecule has 16 heavy (non-hydrogen) atoms. The molecule has 6 heteroatoms. The van der Waals surface area contributed by atoms with E-state index in [0.29, 0.717) is 16.1 Å². The van der Waals surface area contributed by atoms with Crippen LogP contribution in [0.3, 0.4) is 0 Å². The van der Waals surface area contributed by atoms with Crippen molar-refractivity contribution in [1.29, 1.82) is 0 Å². The van der Waals surface area contributed by atoms with Crippen LogP contribution >= 0.6 is 11.6 Å². The Labute approximate surface area is 95.3 Å². The average molecular weight is 243 g/mol. The van der Waals surface area contributed by atoms with E-state index in [-0.39, 0.29) is 11.4 Å². The van der Waals surface area contributed by atoms with Crippen molar-refractivity contribution in [1.82, 2.24) is 9.61 Å². The van der Waals surface area contributed by atoms with Gasteiger partial charge in [-0.3, -0.25) is 0 Å². The lowest BCUT2D eigenvalue weighted by Crippen LogP contribution is -2.01. The molecule has 0 aromatic carbocycles. The highest BCUT2D eigenvalue weighted by Crippen LogP contribution is 2.22. The number of hydrogen-bond acceptors (Lipinski definition) is 2. The lowest BCUT2D eigenvalue weighted by molar-refractivity contribution is 0.0689. The number of aryl methyl sites for hydroxylation is 1. The molecule has 2 aromatic heterocycles. The number of fused-ring (bicyclic) bond motifs is 1. The van der Waals surface area contributed by atoms with Gasteiger partial charge in [-0.1, -0.05) is 11.6 Å². The summed E-state index contributed by atoms with van der Waals surface area (Å²) in [5, 5.41) is 13.1. The molecule has 4 nitrogen and oxygen atoms in total. The first-order valence-electron chi connectivity index (χ1n) is 4.51. The standard InChI is InChI=1S/C10H8ClFN2O2/c1-5-8-3-6(11)2-7(4-12)14(8)13-9(5)10(15)16/h2-3H,4H2,1H3,(H,15,16). The Kier molecular flexibility index (Phi) is 2.55. The van der Waals surface area contributed by atoms with Gasteiger partial charge in [0.15, 0.2) is 5.69 Å². The van der Waals surface area contributed by atoms with Gasteiger partial charge in [0, 0.05) is 10.6 Å². The average Bonchev–Trinajstić information content (AvgIpc) is 2.55. The fourth-order valence-electron chi connectivity index (χ4n) is 1.59. The minimum Gasteiger partial charge on any atom is -0.476 e. The number of carboxylic acid groups (broad SMARTS) is 1. The summed E-state index contributed by atoms with van der Waals surface area (Å²) in [6.07, 6.45) is 0. The number of nitrogens with zero attached hydrogens (tertiary/aromatic N) is 2. The zero-order chi connectivity index (χ0) is 11.9. The summed E-state index contributed by atoms with van der Waals surface area (Å²) in [6.45, 7) is 0.862. The summed E-state index contributed by atoms with van der Waals surface area (Å²) in [7, 11) is 0. The van der Waals surface area contributed by atoms with Gasteiger partial charge in [-0.05, 0) is 19.1 Å². The maximum absolute atomic E-state index is 12.7. The number of aromatic nitrogens is 2. The lowest BCUT2D eigenvalue weighted by atomic mass is 10.2. The summed E-state index contributed by atoms with van der Waals surface area (Å²) in [6, 6.07) is 2.99. The third-order valence-corrected chi connectivity index (χ3v) is 2.58. The maximum atomic E-state index is 12.7. The van der Waals surface area contributed by atoms with E-state index < -0.39 is 12.6 Å². The molecule has 2 rings (SSSR count). The van der Waals surface area contributed by atoms with Crippen LogP contribution in [-0.2, 0) is 6.67 Å². The monoisotopic (exact) mass is 242 g/mol. The molecule has 0 aliphatic rings. The molecule has 1 N–H and O–H groups in total. The second kappa shape index (κ2) is 3.75. The van der Waals surface area contributed by atoms with Crippen molar-refractivity contribution in [2.24, 2.45) is 0 Å². The van der Waals surface area contributed by atoms with E-state index in [1.54, 1.807) is 13.0 Å².